The van der Waals surface area contributed by atoms with Crippen molar-refractivity contribution in [1.29, 1.82) is 0 Å². The van der Waals surface area contributed by atoms with Gasteiger partial charge >= 0.3 is 0 Å². The average molecular weight is 383 g/mol. The molecule has 0 radical (unpaired) electrons. The first-order valence-electron chi connectivity index (χ1n) is 9.83. The molecule has 6 unspecified atom stereocenters. The summed E-state index contributed by atoms with van der Waals surface area (Å²) in [5.74, 6) is 2.79. The zero-order chi connectivity index (χ0) is 17.7. The van der Waals surface area contributed by atoms with Gasteiger partial charge in [0.15, 0.2) is 11.6 Å². The van der Waals surface area contributed by atoms with Crippen molar-refractivity contribution in [3.63, 3.8) is 0 Å². The lowest BCUT2D eigenvalue weighted by Crippen LogP contribution is -2.43. The standard InChI is InChI=1S/C22H22O2S2/c1-9-7-15-19(23)17-11-4-6-14-18(12(11)3-5-13(17)21(15)25-9)20(24)16-8-10(2)26-22(14)16/h7-8,11-14,17-18H,3-6H2,1-2H3. The van der Waals surface area contributed by atoms with Crippen LogP contribution in [0.15, 0.2) is 12.1 Å². The Balaban J connectivity index is 1.38. The second-order valence-corrected chi connectivity index (χ2v) is 11.3. The van der Waals surface area contributed by atoms with Crippen molar-refractivity contribution in [2.24, 2.45) is 23.7 Å². The lowest BCUT2D eigenvalue weighted by molar-refractivity contribution is 0.0332. The van der Waals surface area contributed by atoms with Crippen LogP contribution in [0.3, 0.4) is 0 Å². The smallest absolute Gasteiger partial charge is 0.168 e. The highest BCUT2D eigenvalue weighted by atomic mass is 32.1. The Morgan fingerprint density at radius 1 is 0.731 bits per heavy atom. The first kappa shape index (κ1) is 15.8. The summed E-state index contributed by atoms with van der Waals surface area (Å²) in [5.41, 5.74) is 2.02. The average Bonchev–Trinajstić information content (AvgIpc) is 3.31. The molecule has 2 heterocycles. The predicted molar refractivity (Wildman–Crippen MR) is 105 cm³/mol. The van der Waals surface area contributed by atoms with Crippen molar-refractivity contribution in [2.45, 2.75) is 51.4 Å². The number of hydrogen-bond donors (Lipinski definition) is 0. The van der Waals surface area contributed by atoms with E-state index in [1.807, 2.05) is 22.7 Å². The summed E-state index contributed by atoms with van der Waals surface area (Å²) in [4.78, 5) is 31.6. The van der Waals surface area contributed by atoms with Gasteiger partial charge in [-0.25, -0.2) is 0 Å². The quantitative estimate of drug-likeness (QED) is 0.582. The van der Waals surface area contributed by atoms with Crippen molar-refractivity contribution in [3.05, 3.63) is 42.8 Å². The van der Waals surface area contributed by atoms with E-state index in [2.05, 4.69) is 26.0 Å². The highest BCUT2D eigenvalue weighted by molar-refractivity contribution is 7.12. The highest BCUT2D eigenvalue weighted by Gasteiger charge is 2.57. The molecule has 6 rings (SSSR count). The Morgan fingerprint density at radius 2 is 1.15 bits per heavy atom. The minimum atomic E-state index is 0.157. The zero-order valence-electron chi connectivity index (χ0n) is 15.1. The van der Waals surface area contributed by atoms with Gasteiger partial charge in [0, 0.05) is 54.3 Å². The van der Waals surface area contributed by atoms with E-state index in [1.165, 1.54) is 19.5 Å². The van der Waals surface area contributed by atoms with Gasteiger partial charge in [0.2, 0.25) is 0 Å². The number of Topliss-reactive ketones (excluding diaryl/α,β-unsaturated/α-hetero) is 2. The third-order valence-electron chi connectivity index (χ3n) is 7.54. The number of ketones is 2. The Kier molecular flexibility index (Phi) is 3.13. The minimum Gasteiger partial charge on any atom is -0.294 e. The van der Waals surface area contributed by atoms with Gasteiger partial charge in [0.05, 0.1) is 0 Å². The zero-order valence-corrected chi connectivity index (χ0v) is 16.7. The molecule has 0 saturated heterocycles. The van der Waals surface area contributed by atoms with Crippen LogP contribution >= 0.6 is 22.7 Å². The van der Waals surface area contributed by atoms with Gasteiger partial charge in [-0.2, -0.15) is 0 Å². The molecule has 0 aromatic carbocycles. The molecule has 0 N–H and O–H groups in total. The van der Waals surface area contributed by atoms with E-state index < -0.39 is 0 Å². The molecule has 2 aromatic heterocycles. The summed E-state index contributed by atoms with van der Waals surface area (Å²) in [6, 6.07) is 4.23. The summed E-state index contributed by atoms with van der Waals surface area (Å²) in [5, 5.41) is 0. The predicted octanol–water partition coefficient (Wildman–Crippen LogP) is 5.74. The number of thiophene rings is 2. The number of aryl methyl sites for hydroxylation is 2. The van der Waals surface area contributed by atoms with Gasteiger partial charge < -0.3 is 0 Å². The second-order valence-electron chi connectivity index (χ2n) is 8.75. The van der Waals surface area contributed by atoms with Gasteiger partial charge in [0.25, 0.3) is 0 Å². The highest BCUT2D eigenvalue weighted by Crippen LogP contribution is 2.62. The molecular weight excluding hydrogens is 360 g/mol. The lowest BCUT2D eigenvalue weighted by Gasteiger charge is -2.47. The summed E-state index contributed by atoms with van der Waals surface area (Å²) in [7, 11) is 0. The number of carbonyl (C=O) groups is 2. The van der Waals surface area contributed by atoms with Crippen LogP contribution in [-0.4, -0.2) is 11.6 Å². The van der Waals surface area contributed by atoms with Gasteiger partial charge in [-0.1, -0.05) is 0 Å². The van der Waals surface area contributed by atoms with Crippen molar-refractivity contribution >= 4 is 34.2 Å². The van der Waals surface area contributed by atoms with Gasteiger partial charge in [-0.05, 0) is 63.5 Å². The molecule has 0 aliphatic heterocycles. The summed E-state index contributed by atoms with van der Waals surface area (Å²) in [6.07, 6.45) is 4.42. The van der Waals surface area contributed by atoms with Gasteiger partial charge in [0.1, 0.15) is 0 Å². The van der Waals surface area contributed by atoms with E-state index in [0.717, 1.165) is 36.8 Å². The molecule has 0 amide bonds. The Hall–Kier alpha value is -1.26. The third-order valence-corrected chi connectivity index (χ3v) is 9.90. The Morgan fingerprint density at radius 3 is 1.58 bits per heavy atom. The molecule has 4 aliphatic carbocycles. The van der Waals surface area contributed by atoms with E-state index in [-0.39, 0.29) is 11.8 Å². The maximum absolute atomic E-state index is 13.2. The molecule has 2 nitrogen and oxygen atoms in total. The number of hydrogen-bond acceptors (Lipinski definition) is 4. The fourth-order valence-corrected chi connectivity index (χ4v) is 9.14. The lowest BCUT2D eigenvalue weighted by atomic mass is 9.56. The molecule has 134 valence electrons. The van der Waals surface area contributed by atoms with Crippen LogP contribution in [0, 0.1) is 37.5 Å². The molecular formula is C22H22O2S2. The number of carbonyl (C=O) groups excluding carboxylic acids is 2. The van der Waals surface area contributed by atoms with E-state index in [1.54, 1.807) is 0 Å². The number of rotatable bonds is 0. The first-order chi connectivity index (χ1) is 12.5. The molecule has 0 spiro atoms. The fraction of sp³-hybridized carbons (Fsp3) is 0.545. The largest absolute Gasteiger partial charge is 0.294 e. The van der Waals surface area contributed by atoms with Crippen molar-refractivity contribution in [1.82, 2.24) is 0 Å². The maximum Gasteiger partial charge on any atom is 0.168 e. The SMILES string of the molecule is Cc1cc2c(s1)C1CCC3C(CCC4c5sc(C)cc5C(=O)C43)C1C2=O. The molecule has 2 saturated carbocycles. The maximum atomic E-state index is 13.2. The summed E-state index contributed by atoms with van der Waals surface area (Å²) in [6.45, 7) is 4.22. The first-order valence-corrected chi connectivity index (χ1v) is 11.5. The molecule has 26 heavy (non-hydrogen) atoms. The molecule has 4 heteroatoms. The van der Waals surface area contributed by atoms with Crippen LogP contribution in [0.4, 0.5) is 0 Å². The van der Waals surface area contributed by atoms with Crippen LogP contribution in [0.25, 0.3) is 0 Å². The van der Waals surface area contributed by atoms with Crippen molar-refractivity contribution in [2.75, 3.05) is 0 Å². The van der Waals surface area contributed by atoms with Crippen LogP contribution in [0.1, 0.15) is 77.7 Å². The molecule has 2 aromatic rings. The second kappa shape index (κ2) is 5.17. The van der Waals surface area contributed by atoms with Gasteiger partial charge in [-0.3, -0.25) is 9.59 Å². The molecule has 6 atom stereocenters. The Labute approximate surface area is 161 Å². The van der Waals surface area contributed by atoms with Gasteiger partial charge in [-0.15, -0.1) is 22.7 Å². The van der Waals surface area contributed by atoms with Crippen LogP contribution in [0.5, 0.6) is 0 Å². The van der Waals surface area contributed by atoms with Crippen molar-refractivity contribution < 1.29 is 9.59 Å². The summed E-state index contributed by atoms with van der Waals surface area (Å²) < 4.78 is 0. The van der Waals surface area contributed by atoms with E-state index in [4.69, 9.17) is 0 Å². The molecule has 2 fully saturated rings. The molecule has 0 bridgehead atoms. The fourth-order valence-electron chi connectivity index (χ4n) is 6.72. The topological polar surface area (TPSA) is 34.1 Å². The van der Waals surface area contributed by atoms with Crippen molar-refractivity contribution in [3.8, 4) is 0 Å². The van der Waals surface area contributed by atoms with Crippen LogP contribution in [-0.2, 0) is 0 Å². The van der Waals surface area contributed by atoms with E-state index in [9.17, 15) is 9.59 Å². The van der Waals surface area contributed by atoms with E-state index in [0.29, 0.717) is 35.2 Å². The summed E-state index contributed by atoms with van der Waals surface area (Å²) >= 11 is 3.66. The third kappa shape index (κ3) is 1.83. The van der Waals surface area contributed by atoms with Crippen LogP contribution < -0.4 is 0 Å². The number of fused-ring (bicyclic) bond motifs is 9. The monoisotopic (exact) mass is 382 g/mol. The molecule has 4 aliphatic rings. The normalized spacial score (nSPS) is 37.2. The minimum absolute atomic E-state index is 0.157. The van der Waals surface area contributed by atoms with E-state index >= 15 is 0 Å². The Bertz CT molecular complexity index is 887. The van der Waals surface area contributed by atoms with Crippen LogP contribution in [0.2, 0.25) is 0 Å².